The predicted octanol–water partition coefficient (Wildman–Crippen LogP) is 2.85. The van der Waals surface area contributed by atoms with Crippen molar-refractivity contribution in [3.8, 4) is 5.75 Å². The lowest BCUT2D eigenvalue weighted by molar-refractivity contribution is -0.127. The van der Waals surface area contributed by atoms with Crippen molar-refractivity contribution in [3.05, 3.63) is 35.4 Å². The number of rotatable bonds is 5. The van der Waals surface area contributed by atoms with Crippen LogP contribution in [0.5, 0.6) is 5.75 Å². The van der Waals surface area contributed by atoms with Gasteiger partial charge in [0.25, 0.3) is 0 Å². The predicted molar refractivity (Wildman–Crippen MR) is 103 cm³/mol. The Morgan fingerprint density at radius 3 is 2.50 bits per heavy atom. The maximum absolute atomic E-state index is 12.5. The summed E-state index contributed by atoms with van der Waals surface area (Å²) in [6, 6.07) is 6.22. The minimum absolute atomic E-state index is 0.0614. The van der Waals surface area contributed by atoms with Crippen LogP contribution in [-0.4, -0.2) is 60.1 Å². The molecule has 0 saturated carbocycles. The summed E-state index contributed by atoms with van der Waals surface area (Å²) in [5, 5.41) is 9.81. The number of carbonyl (C=O) groups is 1. The minimum Gasteiger partial charge on any atom is -0.497 e. The number of likely N-dealkylation sites (tertiary alicyclic amines) is 2. The lowest BCUT2D eigenvalue weighted by Crippen LogP contribution is -2.45. The molecule has 1 N–H and O–H groups in total. The van der Waals surface area contributed by atoms with E-state index < -0.39 is 6.10 Å². The fourth-order valence-electron chi connectivity index (χ4n) is 3.93. The molecule has 0 aromatic heterocycles. The van der Waals surface area contributed by atoms with Gasteiger partial charge in [-0.1, -0.05) is 0 Å². The summed E-state index contributed by atoms with van der Waals surface area (Å²) in [5.41, 5.74) is 1.64. The molecule has 1 amide bonds. The number of benzene rings is 1. The summed E-state index contributed by atoms with van der Waals surface area (Å²) in [7, 11) is 1.60. The van der Waals surface area contributed by atoms with Crippen LogP contribution in [0.25, 0.3) is 6.08 Å². The molecule has 1 unspecified atom stereocenters. The van der Waals surface area contributed by atoms with E-state index in [4.69, 9.17) is 4.74 Å². The van der Waals surface area contributed by atoms with Gasteiger partial charge in [-0.2, -0.15) is 0 Å². The maximum Gasteiger partial charge on any atom is 0.246 e. The van der Waals surface area contributed by atoms with Gasteiger partial charge in [-0.3, -0.25) is 4.79 Å². The van der Waals surface area contributed by atoms with Gasteiger partial charge >= 0.3 is 0 Å². The van der Waals surface area contributed by atoms with Crippen LogP contribution in [0.1, 0.15) is 49.8 Å². The molecule has 0 spiro atoms. The number of nitrogens with zero attached hydrogens (tertiary/aromatic N) is 2. The summed E-state index contributed by atoms with van der Waals surface area (Å²) in [4.78, 5) is 17.0. The van der Waals surface area contributed by atoms with Crippen molar-refractivity contribution < 1.29 is 14.6 Å². The third-order valence-corrected chi connectivity index (χ3v) is 5.52. The number of aliphatic hydroxyl groups excluding tert-OH is 1. The molecule has 2 fully saturated rings. The molecule has 1 aromatic carbocycles. The molecule has 2 heterocycles. The number of hydrogen-bond donors (Lipinski definition) is 1. The van der Waals surface area contributed by atoms with Crippen LogP contribution in [0.3, 0.4) is 0 Å². The van der Waals surface area contributed by atoms with E-state index >= 15 is 0 Å². The molecule has 0 radical (unpaired) electrons. The third kappa shape index (κ3) is 4.65. The minimum atomic E-state index is -0.572. The second-order valence-corrected chi connectivity index (χ2v) is 7.35. The van der Waals surface area contributed by atoms with Crippen molar-refractivity contribution in [3.63, 3.8) is 0 Å². The van der Waals surface area contributed by atoms with E-state index in [-0.39, 0.29) is 5.91 Å². The smallest absolute Gasteiger partial charge is 0.246 e. The van der Waals surface area contributed by atoms with E-state index in [0.29, 0.717) is 11.8 Å². The number of ether oxygens (including phenoxy) is 1. The Bertz CT molecular complexity index is 643. The fourth-order valence-corrected chi connectivity index (χ4v) is 3.93. The summed E-state index contributed by atoms with van der Waals surface area (Å²) in [6.07, 6.45) is 7.65. The van der Waals surface area contributed by atoms with Crippen LogP contribution in [0.2, 0.25) is 0 Å². The molecule has 3 rings (SSSR count). The molecule has 5 nitrogen and oxygen atoms in total. The van der Waals surface area contributed by atoms with Gasteiger partial charge in [0.15, 0.2) is 0 Å². The van der Waals surface area contributed by atoms with Crippen LogP contribution < -0.4 is 4.74 Å². The van der Waals surface area contributed by atoms with Crippen LogP contribution in [0.4, 0.5) is 0 Å². The number of aliphatic hydroxyl groups is 1. The van der Waals surface area contributed by atoms with Gasteiger partial charge in [0.2, 0.25) is 5.91 Å². The van der Waals surface area contributed by atoms with E-state index in [2.05, 4.69) is 4.90 Å². The molecule has 2 saturated heterocycles. The Morgan fingerprint density at radius 2 is 1.88 bits per heavy atom. The van der Waals surface area contributed by atoms with Crippen LogP contribution in [-0.2, 0) is 4.79 Å². The van der Waals surface area contributed by atoms with E-state index in [0.717, 1.165) is 37.1 Å². The lowest BCUT2D eigenvalue weighted by atomic mass is 10.0. The second kappa shape index (κ2) is 8.69. The Morgan fingerprint density at radius 1 is 1.19 bits per heavy atom. The Kier molecular flexibility index (Phi) is 6.33. The molecular weight excluding hydrogens is 328 g/mol. The van der Waals surface area contributed by atoms with Gasteiger partial charge in [0.05, 0.1) is 13.2 Å². The second-order valence-electron chi connectivity index (χ2n) is 7.35. The standard InChI is InChI=1S/C21H30N2O3/c1-16(24)18-13-17(14-20(15-18)26-2)5-6-21(25)23-11-7-19(8-12-23)22-9-3-4-10-22/h5-6,13-16,19,24H,3-4,7-12H2,1-2H3/b6-5-. The first kappa shape index (κ1) is 18.9. The molecule has 0 bridgehead atoms. The first-order valence-electron chi connectivity index (χ1n) is 9.65. The number of carbonyl (C=O) groups excluding carboxylic acids is 1. The van der Waals surface area contributed by atoms with Crippen LogP contribution in [0.15, 0.2) is 24.3 Å². The van der Waals surface area contributed by atoms with Gasteiger partial charge in [0, 0.05) is 25.2 Å². The highest BCUT2D eigenvalue weighted by atomic mass is 16.5. The van der Waals surface area contributed by atoms with Crippen molar-refractivity contribution in [1.82, 2.24) is 9.80 Å². The number of methoxy groups -OCH3 is 1. The zero-order valence-electron chi connectivity index (χ0n) is 15.9. The third-order valence-electron chi connectivity index (χ3n) is 5.52. The van der Waals surface area contributed by atoms with Crippen molar-refractivity contribution in [2.75, 3.05) is 33.3 Å². The lowest BCUT2D eigenvalue weighted by Gasteiger charge is -2.36. The molecule has 5 heteroatoms. The summed E-state index contributed by atoms with van der Waals surface area (Å²) < 4.78 is 5.28. The quantitative estimate of drug-likeness (QED) is 0.823. The summed E-state index contributed by atoms with van der Waals surface area (Å²) >= 11 is 0. The Balaban J connectivity index is 1.58. The molecule has 26 heavy (non-hydrogen) atoms. The average Bonchev–Trinajstić information content (AvgIpc) is 3.20. The highest BCUT2D eigenvalue weighted by Crippen LogP contribution is 2.24. The zero-order chi connectivity index (χ0) is 18.5. The van der Waals surface area contributed by atoms with Crippen LogP contribution >= 0.6 is 0 Å². The van der Waals surface area contributed by atoms with Crippen molar-refractivity contribution >= 4 is 12.0 Å². The molecule has 142 valence electrons. The van der Waals surface area contributed by atoms with E-state index in [1.807, 2.05) is 29.2 Å². The van der Waals surface area contributed by atoms with Crippen molar-refractivity contribution in [2.24, 2.45) is 0 Å². The Labute approximate surface area is 156 Å². The first-order valence-corrected chi connectivity index (χ1v) is 9.65. The summed E-state index contributed by atoms with van der Waals surface area (Å²) in [5.74, 6) is 0.744. The number of piperidine rings is 1. The first-order chi connectivity index (χ1) is 12.6. The van der Waals surface area contributed by atoms with Gasteiger partial charge in [0.1, 0.15) is 5.75 Å². The van der Waals surface area contributed by atoms with Gasteiger partial charge in [-0.25, -0.2) is 0 Å². The molecule has 0 aliphatic carbocycles. The number of amides is 1. The molecule has 1 atom stereocenters. The van der Waals surface area contributed by atoms with Gasteiger partial charge in [-0.05, 0) is 81.1 Å². The maximum atomic E-state index is 12.5. The van der Waals surface area contributed by atoms with E-state index in [1.165, 1.54) is 25.9 Å². The zero-order valence-corrected chi connectivity index (χ0v) is 15.9. The fraction of sp³-hybridized carbons (Fsp3) is 0.571. The molecule has 2 aliphatic heterocycles. The Hall–Kier alpha value is -1.85. The molecular formula is C21H30N2O3. The monoisotopic (exact) mass is 358 g/mol. The largest absolute Gasteiger partial charge is 0.497 e. The average molecular weight is 358 g/mol. The molecule has 1 aromatic rings. The normalized spacial score (nSPS) is 20.7. The summed E-state index contributed by atoms with van der Waals surface area (Å²) in [6.45, 7) is 5.83. The van der Waals surface area contributed by atoms with E-state index in [1.54, 1.807) is 20.1 Å². The van der Waals surface area contributed by atoms with Crippen molar-refractivity contribution in [2.45, 2.75) is 44.8 Å². The van der Waals surface area contributed by atoms with E-state index in [9.17, 15) is 9.90 Å². The topological polar surface area (TPSA) is 53.0 Å². The molecule has 2 aliphatic rings. The van der Waals surface area contributed by atoms with Crippen LogP contribution in [0, 0.1) is 0 Å². The van der Waals surface area contributed by atoms with Gasteiger partial charge < -0.3 is 19.6 Å². The highest BCUT2D eigenvalue weighted by molar-refractivity contribution is 5.91. The highest BCUT2D eigenvalue weighted by Gasteiger charge is 2.27. The number of hydrogen-bond acceptors (Lipinski definition) is 4. The van der Waals surface area contributed by atoms with Crippen molar-refractivity contribution in [1.29, 1.82) is 0 Å². The van der Waals surface area contributed by atoms with Gasteiger partial charge in [-0.15, -0.1) is 0 Å². The SMILES string of the molecule is COc1cc(/C=C\C(=O)N2CCC(N3CCCC3)CC2)cc(C(C)O)c1.